The number of hydrogen-bond acceptors (Lipinski definition) is 4. The fraction of sp³-hybridized carbons (Fsp3) is 0.250. The number of aryl methyl sites for hydroxylation is 2. The van der Waals surface area contributed by atoms with Crippen LogP contribution in [-0.4, -0.2) is 23.7 Å². The van der Waals surface area contributed by atoms with Crippen LogP contribution < -0.4 is 4.72 Å². The Morgan fingerprint density at radius 2 is 2.10 bits per heavy atom. The van der Waals surface area contributed by atoms with E-state index in [1.165, 1.54) is 6.07 Å². The molecule has 0 bridgehead atoms. The number of nitrogens with one attached hydrogen (secondary N) is 2. The number of aliphatic hydroxyl groups excluding tert-OH is 1. The van der Waals surface area contributed by atoms with Gasteiger partial charge in [-0.25, -0.2) is 0 Å². The van der Waals surface area contributed by atoms with E-state index in [1.807, 2.05) is 6.92 Å². The van der Waals surface area contributed by atoms with Crippen LogP contribution in [0.25, 0.3) is 0 Å². The molecule has 8 heteroatoms. The first-order chi connectivity index (χ1) is 9.35. The molecular formula is C12H14ClN3O3S. The van der Waals surface area contributed by atoms with Crippen molar-refractivity contribution in [2.24, 2.45) is 0 Å². The lowest BCUT2D eigenvalue weighted by molar-refractivity contribution is 0.277. The SMILES string of the molecule is Cc1ccc(NS(=O)(=O)c2n[nH]c(C)c2CO)cc1Cl. The van der Waals surface area contributed by atoms with Crippen LogP contribution in [0.2, 0.25) is 5.02 Å². The molecule has 0 saturated heterocycles. The molecule has 0 saturated carbocycles. The maximum absolute atomic E-state index is 12.2. The second-order valence-electron chi connectivity index (χ2n) is 4.36. The molecule has 0 unspecified atom stereocenters. The molecule has 1 aromatic heterocycles. The summed E-state index contributed by atoms with van der Waals surface area (Å²) in [4.78, 5) is 0. The Morgan fingerprint density at radius 3 is 2.70 bits per heavy atom. The second kappa shape index (κ2) is 5.43. The first-order valence-corrected chi connectivity index (χ1v) is 7.65. The van der Waals surface area contributed by atoms with Gasteiger partial charge in [0.25, 0.3) is 10.0 Å². The fourth-order valence-corrected chi connectivity index (χ4v) is 3.12. The van der Waals surface area contributed by atoms with E-state index in [9.17, 15) is 13.5 Å². The average molecular weight is 316 g/mol. The number of H-pyrrole nitrogens is 1. The normalized spacial score (nSPS) is 11.6. The lowest BCUT2D eigenvalue weighted by atomic mass is 10.2. The van der Waals surface area contributed by atoms with Gasteiger partial charge in [-0.3, -0.25) is 9.82 Å². The minimum absolute atomic E-state index is 0.214. The molecule has 0 spiro atoms. The number of aliphatic hydroxyl groups is 1. The number of sulfonamides is 1. The van der Waals surface area contributed by atoms with E-state index >= 15 is 0 Å². The highest BCUT2D eigenvalue weighted by Crippen LogP contribution is 2.23. The van der Waals surface area contributed by atoms with Gasteiger partial charge in [0.15, 0.2) is 0 Å². The van der Waals surface area contributed by atoms with Gasteiger partial charge in [-0.05, 0) is 31.5 Å². The molecule has 0 amide bonds. The summed E-state index contributed by atoms with van der Waals surface area (Å²) in [5.41, 5.74) is 1.94. The molecule has 6 nitrogen and oxygen atoms in total. The van der Waals surface area contributed by atoms with Crippen molar-refractivity contribution < 1.29 is 13.5 Å². The summed E-state index contributed by atoms with van der Waals surface area (Å²) < 4.78 is 26.9. The predicted molar refractivity (Wildman–Crippen MR) is 76.2 cm³/mol. The van der Waals surface area contributed by atoms with E-state index in [1.54, 1.807) is 19.1 Å². The van der Waals surface area contributed by atoms with E-state index in [0.717, 1.165) is 5.56 Å². The third kappa shape index (κ3) is 2.79. The minimum atomic E-state index is -3.88. The largest absolute Gasteiger partial charge is 0.392 e. The third-order valence-corrected chi connectivity index (χ3v) is 4.63. The first-order valence-electron chi connectivity index (χ1n) is 5.79. The average Bonchev–Trinajstić information content (AvgIpc) is 2.75. The number of anilines is 1. The molecule has 108 valence electrons. The molecule has 0 aliphatic heterocycles. The summed E-state index contributed by atoms with van der Waals surface area (Å²) in [7, 11) is -3.88. The van der Waals surface area contributed by atoms with Gasteiger partial charge in [0, 0.05) is 16.3 Å². The smallest absolute Gasteiger partial charge is 0.281 e. The van der Waals surface area contributed by atoms with Gasteiger partial charge in [0.1, 0.15) is 0 Å². The number of benzene rings is 1. The maximum atomic E-state index is 12.2. The zero-order valence-electron chi connectivity index (χ0n) is 10.9. The lowest BCUT2D eigenvalue weighted by Gasteiger charge is -2.08. The van der Waals surface area contributed by atoms with Gasteiger partial charge in [-0.1, -0.05) is 17.7 Å². The van der Waals surface area contributed by atoms with Crippen molar-refractivity contribution in [3.63, 3.8) is 0 Å². The zero-order valence-corrected chi connectivity index (χ0v) is 12.5. The summed E-state index contributed by atoms with van der Waals surface area (Å²) >= 11 is 5.95. The van der Waals surface area contributed by atoms with Crippen LogP contribution in [0.5, 0.6) is 0 Å². The van der Waals surface area contributed by atoms with Crippen LogP contribution in [0.15, 0.2) is 23.2 Å². The minimum Gasteiger partial charge on any atom is -0.392 e. The molecule has 2 aromatic rings. The molecular weight excluding hydrogens is 302 g/mol. The summed E-state index contributed by atoms with van der Waals surface area (Å²) in [5, 5.41) is 15.7. The van der Waals surface area contributed by atoms with E-state index in [-0.39, 0.29) is 10.6 Å². The van der Waals surface area contributed by atoms with Gasteiger partial charge in [0.05, 0.1) is 12.3 Å². The standard InChI is InChI=1S/C12H14ClN3O3S/c1-7-3-4-9(5-11(7)13)16-20(18,19)12-10(6-17)8(2)14-15-12/h3-5,16-17H,6H2,1-2H3,(H,14,15). The highest BCUT2D eigenvalue weighted by Gasteiger charge is 2.23. The van der Waals surface area contributed by atoms with E-state index in [0.29, 0.717) is 16.4 Å². The van der Waals surface area contributed by atoms with Gasteiger partial charge < -0.3 is 5.11 Å². The molecule has 0 aliphatic carbocycles. The lowest BCUT2D eigenvalue weighted by Crippen LogP contribution is -2.15. The quantitative estimate of drug-likeness (QED) is 0.804. The molecule has 0 radical (unpaired) electrons. The Kier molecular flexibility index (Phi) is 4.03. The van der Waals surface area contributed by atoms with Crippen molar-refractivity contribution in [3.8, 4) is 0 Å². The predicted octanol–water partition coefficient (Wildman–Crippen LogP) is 1.97. The van der Waals surface area contributed by atoms with Gasteiger partial charge in [0.2, 0.25) is 5.03 Å². The molecule has 1 aromatic carbocycles. The molecule has 3 N–H and O–H groups in total. The van der Waals surface area contributed by atoms with Crippen LogP contribution in [0.3, 0.4) is 0 Å². The van der Waals surface area contributed by atoms with Gasteiger partial charge in [-0.15, -0.1) is 0 Å². The molecule has 0 atom stereocenters. The summed E-state index contributed by atoms with van der Waals surface area (Å²) in [6.45, 7) is 3.05. The van der Waals surface area contributed by atoms with E-state index in [4.69, 9.17) is 11.6 Å². The Bertz CT molecular complexity index is 740. The fourth-order valence-electron chi connectivity index (χ4n) is 1.70. The summed E-state index contributed by atoms with van der Waals surface area (Å²) in [6, 6.07) is 4.84. The highest BCUT2D eigenvalue weighted by molar-refractivity contribution is 7.92. The summed E-state index contributed by atoms with van der Waals surface area (Å²) in [5.74, 6) is 0. The molecule has 0 aliphatic rings. The van der Waals surface area contributed by atoms with Crippen molar-refractivity contribution in [2.45, 2.75) is 25.5 Å². The van der Waals surface area contributed by atoms with Crippen LogP contribution in [-0.2, 0) is 16.6 Å². The Hall–Kier alpha value is -1.57. The van der Waals surface area contributed by atoms with Gasteiger partial charge in [-0.2, -0.15) is 13.5 Å². The van der Waals surface area contributed by atoms with Crippen molar-refractivity contribution >= 4 is 27.3 Å². The number of aromatic nitrogens is 2. The second-order valence-corrected chi connectivity index (χ2v) is 6.36. The zero-order chi connectivity index (χ0) is 14.9. The van der Waals surface area contributed by atoms with Gasteiger partial charge >= 0.3 is 0 Å². The van der Waals surface area contributed by atoms with Crippen LogP contribution in [0.4, 0.5) is 5.69 Å². The highest BCUT2D eigenvalue weighted by atomic mass is 35.5. The number of halogens is 1. The monoisotopic (exact) mass is 315 g/mol. The number of rotatable bonds is 4. The Morgan fingerprint density at radius 1 is 1.40 bits per heavy atom. The van der Waals surface area contributed by atoms with Crippen molar-refractivity contribution in [1.29, 1.82) is 0 Å². The molecule has 20 heavy (non-hydrogen) atoms. The van der Waals surface area contributed by atoms with Crippen LogP contribution >= 0.6 is 11.6 Å². The molecule has 1 heterocycles. The van der Waals surface area contributed by atoms with Crippen LogP contribution in [0.1, 0.15) is 16.8 Å². The van der Waals surface area contributed by atoms with Crippen molar-refractivity contribution in [2.75, 3.05) is 4.72 Å². The molecule has 2 rings (SSSR count). The van der Waals surface area contributed by atoms with E-state index in [2.05, 4.69) is 14.9 Å². The number of aromatic amines is 1. The van der Waals surface area contributed by atoms with Crippen molar-refractivity contribution in [3.05, 3.63) is 40.0 Å². The Balaban J connectivity index is 2.38. The summed E-state index contributed by atoms with van der Waals surface area (Å²) in [6.07, 6.45) is 0. The maximum Gasteiger partial charge on any atom is 0.281 e. The third-order valence-electron chi connectivity index (χ3n) is 2.87. The molecule has 0 fully saturated rings. The van der Waals surface area contributed by atoms with Crippen molar-refractivity contribution in [1.82, 2.24) is 10.2 Å². The number of nitrogens with zero attached hydrogens (tertiary/aromatic N) is 1. The van der Waals surface area contributed by atoms with Crippen LogP contribution in [0, 0.1) is 13.8 Å². The first kappa shape index (κ1) is 14.8. The topological polar surface area (TPSA) is 95.1 Å². The Labute approximate surface area is 121 Å². The van der Waals surface area contributed by atoms with E-state index < -0.39 is 16.6 Å². The number of hydrogen-bond donors (Lipinski definition) is 3.